The highest BCUT2D eigenvalue weighted by Gasteiger charge is 2.43. The number of piperidine rings is 1. The van der Waals surface area contributed by atoms with E-state index >= 15 is 0 Å². The van der Waals surface area contributed by atoms with E-state index in [1.165, 1.54) is 0 Å². The van der Waals surface area contributed by atoms with Crippen LogP contribution in [0.5, 0.6) is 5.75 Å². The second-order valence-electron chi connectivity index (χ2n) is 9.67. The zero-order valence-corrected chi connectivity index (χ0v) is 20.5. The summed E-state index contributed by atoms with van der Waals surface area (Å²) in [6, 6.07) is 20.8. The van der Waals surface area contributed by atoms with Gasteiger partial charge in [0.05, 0.1) is 13.5 Å². The number of likely N-dealkylation sites (tertiary alicyclic amines) is 2. The first kappa shape index (κ1) is 23.7. The van der Waals surface area contributed by atoms with E-state index in [4.69, 9.17) is 9.15 Å². The van der Waals surface area contributed by atoms with Gasteiger partial charge in [0.15, 0.2) is 11.5 Å². The van der Waals surface area contributed by atoms with Gasteiger partial charge in [-0.1, -0.05) is 36.3 Å². The Morgan fingerprint density at radius 1 is 0.917 bits per heavy atom. The van der Waals surface area contributed by atoms with Crippen molar-refractivity contribution in [1.29, 1.82) is 0 Å². The maximum Gasteiger partial charge on any atom is 0.289 e. The van der Waals surface area contributed by atoms with Gasteiger partial charge in [-0.05, 0) is 72.6 Å². The summed E-state index contributed by atoms with van der Waals surface area (Å²) >= 11 is 0. The van der Waals surface area contributed by atoms with Gasteiger partial charge in [-0.15, -0.1) is 0 Å². The highest BCUT2D eigenvalue weighted by molar-refractivity contribution is 5.92. The lowest BCUT2D eigenvalue weighted by atomic mass is 9.77. The van der Waals surface area contributed by atoms with Crippen molar-refractivity contribution < 1.29 is 18.7 Å². The fourth-order valence-corrected chi connectivity index (χ4v) is 5.15. The molecule has 2 aliphatic heterocycles. The Bertz CT molecular complexity index is 1290. The molecule has 2 saturated heterocycles. The third kappa shape index (κ3) is 5.31. The lowest BCUT2D eigenvalue weighted by molar-refractivity contribution is -0.132. The molecule has 184 valence electrons. The molecule has 3 heterocycles. The van der Waals surface area contributed by atoms with Gasteiger partial charge >= 0.3 is 0 Å². The van der Waals surface area contributed by atoms with E-state index in [1.807, 2.05) is 64.4 Å². The molecule has 1 aromatic heterocycles. The highest BCUT2D eigenvalue weighted by Crippen LogP contribution is 2.41. The highest BCUT2D eigenvalue weighted by atomic mass is 16.5. The van der Waals surface area contributed by atoms with E-state index in [-0.39, 0.29) is 17.2 Å². The van der Waals surface area contributed by atoms with Crippen molar-refractivity contribution in [2.24, 2.45) is 5.41 Å². The molecule has 2 amide bonds. The molecule has 0 radical (unpaired) electrons. The standard InChI is InChI=1S/C30H30N2O4/c1-35-26-9-5-8-24(20-26)21-28(33)31-17-14-30(15-18-31)16-19-32(22-30)29(34)27-13-12-25(36-27)11-10-23-6-3-2-4-7-23/h2-9,12-13,20H,14-19,21-22H2,1H3. The average molecular weight is 483 g/mol. The predicted molar refractivity (Wildman–Crippen MR) is 137 cm³/mol. The number of benzene rings is 2. The summed E-state index contributed by atoms with van der Waals surface area (Å²) in [6.07, 6.45) is 3.15. The Kier molecular flexibility index (Phi) is 6.81. The summed E-state index contributed by atoms with van der Waals surface area (Å²) in [5, 5.41) is 0. The Hall–Kier alpha value is -3.98. The average Bonchev–Trinajstić information content (AvgIpc) is 3.56. The molecular formula is C30H30N2O4. The summed E-state index contributed by atoms with van der Waals surface area (Å²) in [5.74, 6) is 7.68. The number of methoxy groups -OCH3 is 1. The van der Waals surface area contributed by atoms with Gasteiger partial charge < -0.3 is 19.0 Å². The van der Waals surface area contributed by atoms with Crippen molar-refractivity contribution in [2.45, 2.75) is 25.7 Å². The van der Waals surface area contributed by atoms with Gasteiger partial charge in [-0.3, -0.25) is 9.59 Å². The number of amides is 2. The van der Waals surface area contributed by atoms with Gasteiger partial charge in [0.2, 0.25) is 5.91 Å². The van der Waals surface area contributed by atoms with Gasteiger partial charge in [-0.2, -0.15) is 0 Å². The molecule has 0 atom stereocenters. The van der Waals surface area contributed by atoms with Crippen molar-refractivity contribution in [3.63, 3.8) is 0 Å². The molecule has 1 spiro atoms. The van der Waals surface area contributed by atoms with Gasteiger partial charge in [0, 0.05) is 31.7 Å². The zero-order chi connectivity index (χ0) is 25.0. The van der Waals surface area contributed by atoms with Crippen LogP contribution in [0.2, 0.25) is 0 Å². The maximum absolute atomic E-state index is 13.1. The summed E-state index contributed by atoms with van der Waals surface area (Å²) in [5.41, 5.74) is 1.94. The van der Waals surface area contributed by atoms with Crippen LogP contribution in [-0.4, -0.2) is 54.9 Å². The molecule has 2 aliphatic rings. The second-order valence-corrected chi connectivity index (χ2v) is 9.67. The summed E-state index contributed by atoms with van der Waals surface area (Å²) in [7, 11) is 1.63. The van der Waals surface area contributed by atoms with E-state index in [2.05, 4.69) is 11.8 Å². The first-order valence-corrected chi connectivity index (χ1v) is 12.4. The largest absolute Gasteiger partial charge is 0.497 e. The normalized spacial score (nSPS) is 16.5. The Morgan fingerprint density at radius 3 is 2.42 bits per heavy atom. The van der Waals surface area contributed by atoms with E-state index in [9.17, 15) is 9.59 Å². The first-order valence-electron chi connectivity index (χ1n) is 12.4. The molecule has 3 aromatic rings. The van der Waals surface area contributed by atoms with Crippen molar-refractivity contribution in [3.8, 4) is 17.6 Å². The topological polar surface area (TPSA) is 63.0 Å². The summed E-state index contributed by atoms with van der Waals surface area (Å²) < 4.78 is 11.0. The van der Waals surface area contributed by atoms with Gasteiger partial charge in [0.1, 0.15) is 5.75 Å². The number of ether oxygens (including phenoxy) is 1. The molecule has 0 aliphatic carbocycles. The SMILES string of the molecule is COc1cccc(CC(=O)N2CCC3(CC2)CCN(C(=O)c2ccc(C#Cc4ccccc4)o2)C3)c1. The van der Waals surface area contributed by atoms with Crippen molar-refractivity contribution in [1.82, 2.24) is 9.80 Å². The van der Waals surface area contributed by atoms with Crippen LogP contribution in [0.1, 0.15) is 46.7 Å². The van der Waals surface area contributed by atoms with Crippen LogP contribution in [0.4, 0.5) is 0 Å². The van der Waals surface area contributed by atoms with Crippen molar-refractivity contribution in [3.05, 3.63) is 89.4 Å². The van der Waals surface area contributed by atoms with Crippen LogP contribution in [0, 0.1) is 17.3 Å². The summed E-state index contributed by atoms with van der Waals surface area (Å²) in [4.78, 5) is 29.8. The van der Waals surface area contributed by atoms with Gasteiger partial charge in [0.25, 0.3) is 5.91 Å². The van der Waals surface area contributed by atoms with E-state index in [1.54, 1.807) is 19.2 Å². The minimum atomic E-state index is -0.0869. The van der Waals surface area contributed by atoms with Crippen LogP contribution in [0.3, 0.4) is 0 Å². The molecule has 5 rings (SSSR count). The molecule has 0 saturated carbocycles. The van der Waals surface area contributed by atoms with Crippen molar-refractivity contribution in [2.75, 3.05) is 33.3 Å². The second kappa shape index (κ2) is 10.3. The molecule has 0 bridgehead atoms. The monoisotopic (exact) mass is 482 g/mol. The fourth-order valence-electron chi connectivity index (χ4n) is 5.15. The number of carbonyl (C=O) groups excluding carboxylic acids is 2. The summed E-state index contributed by atoms with van der Waals surface area (Å²) in [6.45, 7) is 2.87. The van der Waals surface area contributed by atoms with Crippen LogP contribution >= 0.6 is 0 Å². The third-order valence-electron chi connectivity index (χ3n) is 7.31. The number of nitrogens with zero attached hydrogens (tertiary/aromatic N) is 2. The third-order valence-corrected chi connectivity index (χ3v) is 7.31. The Morgan fingerprint density at radius 2 is 1.67 bits per heavy atom. The molecule has 2 fully saturated rings. The fraction of sp³-hybridized carbons (Fsp3) is 0.333. The first-order chi connectivity index (χ1) is 17.5. The number of hydrogen-bond donors (Lipinski definition) is 0. The number of hydrogen-bond acceptors (Lipinski definition) is 4. The molecule has 6 nitrogen and oxygen atoms in total. The Labute approximate surface area is 211 Å². The van der Waals surface area contributed by atoms with Crippen molar-refractivity contribution >= 4 is 11.8 Å². The van der Waals surface area contributed by atoms with Crippen LogP contribution < -0.4 is 4.74 Å². The molecule has 36 heavy (non-hydrogen) atoms. The van der Waals surface area contributed by atoms with E-state index < -0.39 is 0 Å². The maximum atomic E-state index is 13.1. The smallest absolute Gasteiger partial charge is 0.289 e. The van der Waals surface area contributed by atoms with Crippen LogP contribution in [0.15, 0.2) is 71.1 Å². The molecular weight excluding hydrogens is 452 g/mol. The van der Waals surface area contributed by atoms with E-state index in [0.717, 1.165) is 49.2 Å². The predicted octanol–water partition coefficient (Wildman–Crippen LogP) is 4.39. The molecule has 6 heteroatoms. The Balaban J connectivity index is 1.15. The minimum Gasteiger partial charge on any atom is -0.497 e. The number of rotatable bonds is 4. The lowest BCUT2D eigenvalue weighted by Gasteiger charge is -2.39. The number of carbonyl (C=O) groups is 2. The minimum absolute atomic E-state index is 0.0744. The lowest BCUT2D eigenvalue weighted by Crippen LogP contribution is -2.45. The van der Waals surface area contributed by atoms with Crippen LogP contribution in [-0.2, 0) is 11.2 Å². The zero-order valence-electron chi connectivity index (χ0n) is 20.5. The molecule has 0 unspecified atom stereocenters. The van der Waals surface area contributed by atoms with Crippen LogP contribution in [0.25, 0.3) is 0 Å². The quantitative estimate of drug-likeness (QED) is 0.518. The van der Waals surface area contributed by atoms with Gasteiger partial charge in [-0.25, -0.2) is 0 Å². The van der Waals surface area contributed by atoms with E-state index in [0.29, 0.717) is 31.0 Å². The molecule has 2 aromatic carbocycles. The number of furan rings is 1. The molecule has 0 N–H and O–H groups in total.